The van der Waals surface area contributed by atoms with Crippen LogP contribution < -0.4 is 4.90 Å². The Morgan fingerprint density at radius 3 is 2.58 bits per heavy atom. The predicted molar refractivity (Wildman–Crippen MR) is 97.8 cm³/mol. The van der Waals surface area contributed by atoms with Crippen molar-refractivity contribution in [1.29, 1.82) is 0 Å². The third-order valence-corrected chi connectivity index (χ3v) is 6.19. The van der Waals surface area contributed by atoms with Crippen LogP contribution in [-0.2, 0) is 16.0 Å². The summed E-state index contributed by atoms with van der Waals surface area (Å²) in [5.74, 6) is -0.372. The maximum atomic E-state index is 13.1. The molecule has 1 saturated carbocycles. The van der Waals surface area contributed by atoms with Crippen LogP contribution in [0.15, 0.2) is 24.3 Å². The van der Waals surface area contributed by atoms with Crippen LogP contribution in [0.5, 0.6) is 0 Å². The zero-order valence-electron chi connectivity index (χ0n) is 15.2. The smallest absolute Gasteiger partial charge is 0.313 e. The Morgan fingerprint density at radius 2 is 1.81 bits per heavy atom. The summed E-state index contributed by atoms with van der Waals surface area (Å²) in [6.45, 7) is 0.463. The van der Waals surface area contributed by atoms with Gasteiger partial charge in [-0.1, -0.05) is 37.5 Å². The average Bonchev–Trinajstić information content (AvgIpc) is 2.84. The van der Waals surface area contributed by atoms with E-state index in [4.69, 9.17) is 0 Å². The Hall–Kier alpha value is -2.37. The molecule has 1 aromatic carbocycles. The lowest BCUT2D eigenvalue weighted by Gasteiger charge is -2.36. The first-order valence-corrected chi connectivity index (χ1v) is 9.53. The predicted octanol–water partition coefficient (Wildman–Crippen LogP) is 2.56. The number of amides is 4. The van der Waals surface area contributed by atoms with Gasteiger partial charge in [0.2, 0.25) is 5.91 Å². The van der Waals surface area contributed by atoms with Crippen molar-refractivity contribution in [2.45, 2.75) is 50.5 Å². The number of carbonyl (C=O) groups is 3. The van der Waals surface area contributed by atoms with E-state index in [-0.39, 0.29) is 24.4 Å². The first-order chi connectivity index (χ1) is 12.5. The van der Waals surface area contributed by atoms with Crippen molar-refractivity contribution in [3.63, 3.8) is 0 Å². The van der Waals surface area contributed by atoms with Gasteiger partial charge in [-0.2, -0.15) is 0 Å². The summed E-state index contributed by atoms with van der Waals surface area (Å²) in [6.07, 6.45) is 6.24. The average molecular weight is 355 g/mol. The van der Waals surface area contributed by atoms with E-state index in [9.17, 15) is 14.4 Å². The van der Waals surface area contributed by atoms with E-state index in [0.717, 1.165) is 43.4 Å². The number of nitrogens with zero attached hydrogens (tertiary/aromatic N) is 3. The van der Waals surface area contributed by atoms with Crippen LogP contribution in [0, 0.1) is 0 Å². The third-order valence-electron chi connectivity index (χ3n) is 6.19. The van der Waals surface area contributed by atoms with Crippen molar-refractivity contribution in [3.8, 4) is 0 Å². The molecule has 2 heterocycles. The van der Waals surface area contributed by atoms with E-state index in [1.165, 1.54) is 4.90 Å². The minimum absolute atomic E-state index is 0.169. The Labute approximate surface area is 153 Å². The molecule has 4 rings (SSSR count). The SMILES string of the molecule is CN1C(=O)N(CC(=O)N2CCCc3ccccc32)C(=O)C12CCCCC2. The van der Waals surface area contributed by atoms with Crippen LogP contribution in [0.4, 0.5) is 10.5 Å². The summed E-state index contributed by atoms with van der Waals surface area (Å²) in [6, 6.07) is 7.53. The monoisotopic (exact) mass is 355 g/mol. The largest absolute Gasteiger partial charge is 0.327 e. The van der Waals surface area contributed by atoms with E-state index in [1.807, 2.05) is 24.3 Å². The Morgan fingerprint density at radius 1 is 1.08 bits per heavy atom. The molecule has 0 aromatic heterocycles. The molecule has 2 fully saturated rings. The van der Waals surface area contributed by atoms with Crippen molar-refractivity contribution >= 4 is 23.5 Å². The normalized spacial score (nSPS) is 22.1. The van der Waals surface area contributed by atoms with Gasteiger partial charge in [-0.3, -0.25) is 14.5 Å². The molecule has 6 nitrogen and oxygen atoms in total. The van der Waals surface area contributed by atoms with Crippen molar-refractivity contribution in [3.05, 3.63) is 29.8 Å². The highest BCUT2D eigenvalue weighted by Crippen LogP contribution is 2.39. The van der Waals surface area contributed by atoms with Gasteiger partial charge in [-0.25, -0.2) is 4.79 Å². The van der Waals surface area contributed by atoms with Crippen molar-refractivity contribution < 1.29 is 14.4 Å². The van der Waals surface area contributed by atoms with Gasteiger partial charge in [-0.05, 0) is 37.3 Å². The third kappa shape index (κ3) is 2.50. The second-order valence-electron chi connectivity index (χ2n) is 7.60. The van der Waals surface area contributed by atoms with Crippen LogP contribution in [0.3, 0.4) is 0 Å². The zero-order chi connectivity index (χ0) is 18.3. The second kappa shape index (κ2) is 6.41. The van der Waals surface area contributed by atoms with Crippen molar-refractivity contribution in [2.75, 3.05) is 25.0 Å². The maximum Gasteiger partial charge on any atom is 0.327 e. The van der Waals surface area contributed by atoms with Gasteiger partial charge < -0.3 is 9.80 Å². The fraction of sp³-hybridized carbons (Fsp3) is 0.550. The zero-order valence-corrected chi connectivity index (χ0v) is 15.2. The van der Waals surface area contributed by atoms with Crippen LogP contribution in [0.2, 0.25) is 0 Å². The highest BCUT2D eigenvalue weighted by atomic mass is 16.2. The van der Waals surface area contributed by atoms with Crippen LogP contribution in [-0.4, -0.2) is 53.3 Å². The molecule has 1 spiro atoms. The lowest BCUT2D eigenvalue weighted by molar-refractivity contribution is -0.136. The number of likely N-dealkylation sites (N-methyl/N-ethyl adjacent to an activating group) is 1. The summed E-state index contributed by atoms with van der Waals surface area (Å²) in [4.78, 5) is 43.2. The fourth-order valence-electron chi connectivity index (χ4n) is 4.68. The number of carbonyl (C=O) groups excluding carboxylic acids is 3. The number of hydrogen-bond donors (Lipinski definition) is 0. The number of anilines is 1. The summed E-state index contributed by atoms with van der Waals surface area (Å²) in [5.41, 5.74) is 1.32. The van der Waals surface area contributed by atoms with Crippen molar-refractivity contribution in [2.24, 2.45) is 0 Å². The van der Waals surface area contributed by atoms with E-state index >= 15 is 0 Å². The molecule has 138 valence electrons. The minimum Gasteiger partial charge on any atom is -0.313 e. The number of urea groups is 1. The summed E-state index contributed by atoms with van der Waals surface area (Å²) >= 11 is 0. The lowest BCUT2D eigenvalue weighted by Crippen LogP contribution is -2.50. The molecule has 4 amide bonds. The highest BCUT2D eigenvalue weighted by Gasteiger charge is 2.56. The van der Waals surface area contributed by atoms with Crippen LogP contribution >= 0.6 is 0 Å². The molecule has 0 atom stereocenters. The standard InChI is InChI=1S/C20H25N3O3/c1-21-19(26)23(18(25)20(21)11-5-2-6-12-20)14-17(24)22-13-7-9-15-8-3-4-10-16(15)22/h3-4,8,10H,2,5-7,9,11-14H2,1H3. The van der Waals surface area contributed by atoms with E-state index in [2.05, 4.69) is 0 Å². The number of rotatable bonds is 2. The van der Waals surface area contributed by atoms with Gasteiger partial charge >= 0.3 is 6.03 Å². The van der Waals surface area contributed by atoms with Gasteiger partial charge in [0.1, 0.15) is 12.1 Å². The topological polar surface area (TPSA) is 60.9 Å². The molecule has 0 N–H and O–H groups in total. The first-order valence-electron chi connectivity index (χ1n) is 9.53. The maximum absolute atomic E-state index is 13.1. The van der Waals surface area contributed by atoms with E-state index in [1.54, 1.807) is 16.8 Å². The first kappa shape index (κ1) is 17.1. The molecule has 0 radical (unpaired) electrons. The Balaban J connectivity index is 1.55. The van der Waals surface area contributed by atoms with E-state index < -0.39 is 5.54 Å². The molecule has 1 aliphatic carbocycles. The molecule has 2 aliphatic heterocycles. The number of aryl methyl sites for hydroxylation is 1. The summed E-state index contributed by atoms with van der Waals surface area (Å²) in [7, 11) is 1.70. The lowest BCUT2D eigenvalue weighted by atomic mass is 9.81. The number of hydrogen-bond acceptors (Lipinski definition) is 3. The molecule has 0 bridgehead atoms. The number of para-hydroxylation sites is 1. The molecule has 26 heavy (non-hydrogen) atoms. The molecule has 3 aliphatic rings. The van der Waals surface area contributed by atoms with Gasteiger partial charge in [-0.15, -0.1) is 0 Å². The number of benzene rings is 1. The molecule has 1 saturated heterocycles. The Bertz CT molecular complexity index is 754. The number of fused-ring (bicyclic) bond motifs is 1. The van der Waals surface area contributed by atoms with E-state index in [0.29, 0.717) is 19.4 Å². The molecular weight excluding hydrogens is 330 g/mol. The van der Waals surface area contributed by atoms with Crippen LogP contribution in [0.1, 0.15) is 44.1 Å². The summed E-state index contributed by atoms with van der Waals surface area (Å²) < 4.78 is 0. The van der Waals surface area contributed by atoms with Gasteiger partial charge in [0.25, 0.3) is 5.91 Å². The van der Waals surface area contributed by atoms with Crippen molar-refractivity contribution in [1.82, 2.24) is 9.80 Å². The molecular formula is C20H25N3O3. The molecule has 0 unspecified atom stereocenters. The second-order valence-corrected chi connectivity index (χ2v) is 7.60. The van der Waals surface area contributed by atoms with Gasteiger partial charge in [0.05, 0.1) is 0 Å². The highest BCUT2D eigenvalue weighted by molar-refractivity contribution is 6.10. The molecule has 6 heteroatoms. The number of imide groups is 1. The van der Waals surface area contributed by atoms with Gasteiger partial charge in [0.15, 0.2) is 0 Å². The summed E-state index contributed by atoms with van der Waals surface area (Å²) in [5, 5.41) is 0. The quantitative estimate of drug-likeness (QED) is 0.766. The minimum atomic E-state index is -0.727. The van der Waals surface area contributed by atoms with Crippen LogP contribution in [0.25, 0.3) is 0 Å². The molecule has 1 aromatic rings. The van der Waals surface area contributed by atoms with Gasteiger partial charge in [0, 0.05) is 19.3 Å². The fourth-order valence-corrected chi connectivity index (χ4v) is 4.68. The Kier molecular flexibility index (Phi) is 4.21.